The number of rotatable bonds is 8. The molecule has 1 saturated heterocycles. The summed E-state index contributed by atoms with van der Waals surface area (Å²) in [6, 6.07) is 7.48. The van der Waals surface area contributed by atoms with Crippen LogP contribution >= 0.6 is 0 Å². The van der Waals surface area contributed by atoms with Crippen molar-refractivity contribution >= 4 is 17.5 Å². The molecule has 0 spiro atoms. The van der Waals surface area contributed by atoms with Gasteiger partial charge in [0, 0.05) is 12.0 Å². The van der Waals surface area contributed by atoms with Gasteiger partial charge in [-0.05, 0) is 31.9 Å². The molecule has 0 radical (unpaired) electrons. The highest BCUT2D eigenvalue weighted by Gasteiger charge is 2.44. The molecule has 2 aliphatic rings. The largest absolute Gasteiger partial charge is 0.481 e. The predicted octanol–water partition coefficient (Wildman–Crippen LogP) is 2.97. The van der Waals surface area contributed by atoms with Crippen molar-refractivity contribution in [2.24, 2.45) is 5.92 Å². The van der Waals surface area contributed by atoms with Crippen LogP contribution in [0.1, 0.15) is 42.6 Å². The Morgan fingerprint density at radius 1 is 1.32 bits per heavy atom. The highest BCUT2D eigenvalue weighted by Crippen LogP contribution is 2.30. The molecule has 1 aromatic carbocycles. The van der Waals surface area contributed by atoms with Crippen molar-refractivity contribution < 1.29 is 24.0 Å². The Bertz CT molecular complexity index is 888. The summed E-state index contributed by atoms with van der Waals surface area (Å²) in [5.74, 6) is -1.37. The molecule has 1 N–H and O–H groups in total. The smallest absolute Gasteiger partial charge is 0.317 e. The second kappa shape index (κ2) is 8.07. The molecule has 0 unspecified atom stereocenters. The SMILES string of the molecule is [C-]#[N+]CC(C)(C)OCCc1ccc(C(=O)C2=[N+]3CC[C@H](C(=O)O)C3=CC2)cc1. The summed E-state index contributed by atoms with van der Waals surface area (Å²) in [5, 5.41) is 9.30. The highest BCUT2D eigenvalue weighted by molar-refractivity contribution is 6.44. The average Bonchev–Trinajstić information content (AvgIpc) is 3.23. The van der Waals surface area contributed by atoms with Crippen molar-refractivity contribution in [1.29, 1.82) is 0 Å². The standard InChI is InChI=1S/C22H24N2O4/c1-22(2,14-23-3)28-13-11-15-4-6-16(7-5-15)20(25)19-9-8-18-17(21(26)27)10-12-24(18)19/h4-8,17H,9-14H2,1-2H3/p+1/t17-/m0/s1. The fourth-order valence-electron chi connectivity index (χ4n) is 3.71. The number of allylic oxidation sites excluding steroid dienone is 1. The first-order valence-electron chi connectivity index (χ1n) is 9.49. The molecular weight excluding hydrogens is 356 g/mol. The Morgan fingerprint density at radius 2 is 2.04 bits per heavy atom. The van der Waals surface area contributed by atoms with Crippen molar-refractivity contribution in [2.45, 2.75) is 38.7 Å². The molecule has 0 amide bonds. The molecule has 2 aliphatic heterocycles. The summed E-state index contributed by atoms with van der Waals surface area (Å²) in [4.78, 5) is 27.6. The first kappa shape index (κ1) is 20.0. The maximum atomic E-state index is 12.9. The van der Waals surface area contributed by atoms with E-state index < -0.39 is 17.5 Å². The van der Waals surface area contributed by atoms with Gasteiger partial charge in [0.2, 0.25) is 12.3 Å². The number of aliphatic carboxylic acids is 1. The third-order valence-electron chi connectivity index (χ3n) is 5.26. The van der Waals surface area contributed by atoms with E-state index in [1.54, 1.807) is 0 Å². The molecule has 1 atom stereocenters. The maximum absolute atomic E-state index is 12.9. The molecule has 6 nitrogen and oxygen atoms in total. The number of hydrogen-bond acceptors (Lipinski definition) is 3. The zero-order valence-electron chi connectivity index (χ0n) is 16.3. The monoisotopic (exact) mass is 381 g/mol. The summed E-state index contributed by atoms with van der Waals surface area (Å²) >= 11 is 0. The van der Waals surface area contributed by atoms with Crippen molar-refractivity contribution in [3.8, 4) is 0 Å². The highest BCUT2D eigenvalue weighted by atomic mass is 16.5. The van der Waals surface area contributed by atoms with Crippen LogP contribution in [-0.4, -0.2) is 52.4 Å². The molecule has 6 heteroatoms. The molecule has 1 fully saturated rings. The van der Waals surface area contributed by atoms with Crippen LogP contribution in [0.3, 0.4) is 0 Å². The second-order valence-corrected chi connectivity index (χ2v) is 7.81. The molecule has 28 heavy (non-hydrogen) atoms. The number of carboxylic acids is 1. The molecule has 0 aromatic heterocycles. The van der Waals surface area contributed by atoms with Crippen LogP contribution in [-0.2, 0) is 16.0 Å². The Hall–Kier alpha value is -2.78. The number of fused-ring (bicyclic) bond motifs is 1. The first-order chi connectivity index (χ1) is 13.3. The minimum Gasteiger partial charge on any atom is -0.481 e. The molecule has 146 valence electrons. The van der Waals surface area contributed by atoms with E-state index in [9.17, 15) is 14.7 Å². The zero-order valence-corrected chi connectivity index (χ0v) is 16.3. The van der Waals surface area contributed by atoms with Crippen molar-refractivity contribution in [1.82, 2.24) is 0 Å². The third-order valence-corrected chi connectivity index (χ3v) is 5.26. The molecule has 2 heterocycles. The number of ether oxygens (including phenoxy) is 1. The Morgan fingerprint density at radius 3 is 2.68 bits per heavy atom. The Balaban J connectivity index is 1.62. The minimum atomic E-state index is -0.825. The van der Waals surface area contributed by atoms with Crippen LogP contribution in [0.15, 0.2) is 36.0 Å². The topological polar surface area (TPSA) is 71.0 Å². The van der Waals surface area contributed by atoms with Gasteiger partial charge in [-0.1, -0.05) is 24.3 Å². The van der Waals surface area contributed by atoms with Gasteiger partial charge < -0.3 is 14.7 Å². The number of nitrogens with zero attached hydrogens (tertiary/aromatic N) is 2. The average molecular weight is 381 g/mol. The lowest BCUT2D eigenvalue weighted by Gasteiger charge is -2.19. The molecule has 0 saturated carbocycles. The fraction of sp³-hybridized carbons (Fsp3) is 0.455. The molecular formula is C22H25N2O4+. The third kappa shape index (κ3) is 4.20. The normalized spacial score (nSPS) is 18.6. The zero-order chi connectivity index (χ0) is 20.3. The van der Waals surface area contributed by atoms with Crippen molar-refractivity contribution in [3.05, 3.63) is 58.6 Å². The van der Waals surface area contributed by atoms with Gasteiger partial charge in [0.1, 0.15) is 11.5 Å². The molecule has 1 aromatic rings. The lowest BCUT2D eigenvalue weighted by molar-refractivity contribution is -0.456. The van der Waals surface area contributed by atoms with Gasteiger partial charge in [-0.2, -0.15) is 4.58 Å². The summed E-state index contributed by atoms with van der Waals surface area (Å²) < 4.78 is 7.64. The molecule has 0 aliphatic carbocycles. The van der Waals surface area contributed by atoms with Gasteiger partial charge in [0.25, 0.3) is 5.78 Å². The number of carboxylic acid groups (broad SMARTS) is 1. The van der Waals surface area contributed by atoms with E-state index >= 15 is 0 Å². The summed E-state index contributed by atoms with van der Waals surface area (Å²) in [7, 11) is 0. The number of benzene rings is 1. The number of ketones is 1. The van der Waals surface area contributed by atoms with E-state index in [4.69, 9.17) is 11.3 Å². The first-order valence-corrected chi connectivity index (χ1v) is 9.49. The van der Waals surface area contributed by atoms with Crippen LogP contribution in [0.4, 0.5) is 0 Å². The minimum absolute atomic E-state index is 0.0433. The van der Waals surface area contributed by atoms with E-state index in [2.05, 4.69) is 4.85 Å². The number of carbonyl (C=O) groups is 2. The Kier molecular flexibility index (Phi) is 5.76. The van der Waals surface area contributed by atoms with Crippen LogP contribution in [0.25, 0.3) is 4.85 Å². The lowest BCUT2D eigenvalue weighted by Crippen LogP contribution is -2.28. The van der Waals surface area contributed by atoms with E-state index in [1.807, 2.05) is 48.8 Å². The van der Waals surface area contributed by atoms with E-state index in [-0.39, 0.29) is 5.78 Å². The van der Waals surface area contributed by atoms with E-state index in [0.29, 0.717) is 50.2 Å². The fourth-order valence-corrected chi connectivity index (χ4v) is 3.71. The van der Waals surface area contributed by atoms with Crippen molar-refractivity contribution in [2.75, 3.05) is 19.7 Å². The van der Waals surface area contributed by atoms with Crippen LogP contribution in [0.2, 0.25) is 0 Å². The summed E-state index contributed by atoms with van der Waals surface area (Å²) in [6.45, 7) is 12.2. The van der Waals surface area contributed by atoms with Crippen LogP contribution < -0.4 is 0 Å². The maximum Gasteiger partial charge on any atom is 0.317 e. The molecule has 0 bridgehead atoms. The van der Waals surface area contributed by atoms with Gasteiger partial charge >= 0.3 is 5.97 Å². The van der Waals surface area contributed by atoms with Crippen LogP contribution in [0.5, 0.6) is 0 Å². The van der Waals surface area contributed by atoms with Gasteiger partial charge in [-0.3, -0.25) is 9.59 Å². The number of carbonyl (C=O) groups excluding carboxylic acids is 1. The van der Waals surface area contributed by atoms with E-state index in [1.165, 1.54) is 0 Å². The second-order valence-electron chi connectivity index (χ2n) is 7.81. The summed E-state index contributed by atoms with van der Waals surface area (Å²) in [5.41, 5.74) is 2.65. The quantitative estimate of drug-likeness (QED) is 0.427. The van der Waals surface area contributed by atoms with E-state index in [0.717, 1.165) is 11.3 Å². The summed E-state index contributed by atoms with van der Waals surface area (Å²) in [6.07, 6.45) is 3.62. The number of Topliss-reactive ketones (excluding diaryl/α,β-unsaturated/α-hetero) is 1. The van der Waals surface area contributed by atoms with Gasteiger partial charge in [-0.25, -0.2) is 6.57 Å². The molecule has 3 rings (SSSR count). The lowest BCUT2D eigenvalue weighted by atomic mass is 10.0. The van der Waals surface area contributed by atoms with Gasteiger partial charge in [-0.15, -0.1) is 0 Å². The number of hydrogen-bond donors (Lipinski definition) is 1. The van der Waals surface area contributed by atoms with Gasteiger partial charge in [0.05, 0.1) is 13.0 Å². The predicted molar refractivity (Wildman–Crippen MR) is 105 cm³/mol. The van der Waals surface area contributed by atoms with Crippen molar-refractivity contribution in [3.63, 3.8) is 0 Å². The Labute approximate surface area is 165 Å². The van der Waals surface area contributed by atoms with Gasteiger partial charge in [0.15, 0.2) is 12.2 Å². The van der Waals surface area contributed by atoms with Crippen LogP contribution in [0, 0.1) is 12.5 Å².